The lowest BCUT2D eigenvalue weighted by molar-refractivity contribution is -0.118. The highest BCUT2D eigenvalue weighted by molar-refractivity contribution is 6.05. The molecule has 0 aliphatic heterocycles. The summed E-state index contributed by atoms with van der Waals surface area (Å²) < 4.78 is 5.40. The van der Waals surface area contributed by atoms with Crippen molar-refractivity contribution < 1.29 is 14.0 Å². The summed E-state index contributed by atoms with van der Waals surface area (Å²) in [5, 5.41) is 5.84. The lowest BCUT2D eigenvalue weighted by Crippen LogP contribution is -2.37. The van der Waals surface area contributed by atoms with Gasteiger partial charge in [-0.15, -0.1) is 0 Å². The Bertz CT molecular complexity index is 1270. The van der Waals surface area contributed by atoms with E-state index >= 15 is 0 Å². The molecule has 1 atom stereocenters. The van der Waals surface area contributed by atoms with Gasteiger partial charge in [-0.2, -0.15) is 0 Å². The Balaban J connectivity index is 1.64. The van der Waals surface area contributed by atoms with Gasteiger partial charge >= 0.3 is 0 Å². The molecular weight excluding hydrogens is 424 g/mol. The molecule has 4 rings (SSSR count). The summed E-state index contributed by atoms with van der Waals surface area (Å²) in [7, 11) is 0. The van der Waals surface area contributed by atoms with Crippen LogP contribution in [0.15, 0.2) is 107 Å². The zero-order chi connectivity index (χ0) is 23.9. The molecule has 0 saturated carbocycles. The molecule has 34 heavy (non-hydrogen) atoms. The average Bonchev–Trinajstić information content (AvgIpc) is 3.37. The molecule has 0 saturated heterocycles. The van der Waals surface area contributed by atoms with Crippen LogP contribution in [0, 0.1) is 13.8 Å². The summed E-state index contributed by atoms with van der Waals surface area (Å²) in [5.74, 6) is -0.341. The standard InChI is InChI=1S/C29H26N2O3/c1-20-10-14-23(15-11-20)27(22-7-4-3-5-8-22)31-29(33)26(19-25-9-6-18-34-25)30-28(32)24-16-12-21(2)13-17-24/h3-19,27H,1-2H3,(H,30,32)(H,31,33)/b26-19-. The molecule has 5 heteroatoms. The van der Waals surface area contributed by atoms with E-state index in [1.807, 2.05) is 80.6 Å². The van der Waals surface area contributed by atoms with E-state index < -0.39 is 11.9 Å². The van der Waals surface area contributed by atoms with E-state index in [0.29, 0.717) is 11.3 Å². The molecule has 0 radical (unpaired) electrons. The van der Waals surface area contributed by atoms with Crippen LogP contribution in [0.4, 0.5) is 0 Å². The number of nitrogens with one attached hydrogen (secondary N) is 2. The first-order chi connectivity index (χ1) is 16.5. The van der Waals surface area contributed by atoms with Crippen LogP contribution in [-0.2, 0) is 4.79 Å². The van der Waals surface area contributed by atoms with Gasteiger partial charge in [-0.05, 0) is 49.2 Å². The monoisotopic (exact) mass is 450 g/mol. The maximum atomic E-state index is 13.5. The predicted octanol–water partition coefficient (Wildman–Crippen LogP) is 5.57. The molecule has 1 heterocycles. The fourth-order valence-corrected chi connectivity index (χ4v) is 3.55. The van der Waals surface area contributed by atoms with E-state index in [4.69, 9.17) is 4.42 Å². The fourth-order valence-electron chi connectivity index (χ4n) is 3.55. The van der Waals surface area contributed by atoms with E-state index in [9.17, 15) is 9.59 Å². The highest BCUT2D eigenvalue weighted by Crippen LogP contribution is 2.23. The molecule has 1 aromatic heterocycles. The SMILES string of the molecule is Cc1ccc(C(=O)N/C(=C\c2ccco2)C(=O)NC(c2ccccc2)c2ccc(C)cc2)cc1. The number of amides is 2. The minimum atomic E-state index is -0.425. The van der Waals surface area contributed by atoms with Crippen LogP contribution < -0.4 is 10.6 Å². The van der Waals surface area contributed by atoms with Crippen molar-refractivity contribution in [2.24, 2.45) is 0 Å². The van der Waals surface area contributed by atoms with Crippen molar-refractivity contribution in [1.29, 1.82) is 0 Å². The number of carbonyl (C=O) groups is 2. The van der Waals surface area contributed by atoms with Crippen LogP contribution in [0.3, 0.4) is 0 Å². The van der Waals surface area contributed by atoms with Crippen LogP contribution >= 0.6 is 0 Å². The average molecular weight is 451 g/mol. The molecule has 0 spiro atoms. The van der Waals surface area contributed by atoms with Crippen molar-refractivity contribution in [3.8, 4) is 0 Å². The van der Waals surface area contributed by atoms with Gasteiger partial charge in [-0.1, -0.05) is 77.9 Å². The summed E-state index contributed by atoms with van der Waals surface area (Å²) in [5.41, 5.74) is 4.60. The molecule has 0 aliphatic carbocycles. The Labute approximate surface area is 199 Å². The van der Waals surface area contributed by atoms with E-state index in [1.54, 1.807) is 24.3 Å². The zero-order valence-corrected chi connectivity index (χ0v) is 19.1. The first-order valence-electron chi connectivity index (χ1n) is 11.1. The zero-order valence-electron chi connectivity index (χ0n) is 19.1. The van der Waals surface area contributed by atoms with Gasteiger partial charge in [-0.3, -0.25) is 9.59 Å². The van der Waals surface area contributed by atoms with Crippen molar-refractivity contribution in [3.05, 3.63) is 137 Å². The van der Waals surface area contributed by atoms with E-state index in [1.165, 1.54) is 12.3 Å². The molecule has 0 bridgehead atoms. The van der Waals surface area contributed by atoms with Crippen LogP contribution in [0.5, 0.6) is 0 Å². The largest absolute Gasteiger partial charge is 0.465 e. The second kappa shape index (κ2) is 10.5. The van der Waals surface area contributed by atoms with Gasteiger partial charge < -0.3 is 15.1 Å². The topological polar surface area (TPSA) is 71.3 Å². The molecule has 5 nitrogen and oxygen atoms in total. The minimum absolute atomic E-state index is 0.0913. The maximum absolute atomic E-state index is 13.5. The number of benzene rings is 3. The molecule has 3 aromatic carbocycles. The second-order valence-corrected chi connectivity index (χ2v) is 8.12. The van der Waals surface area contributed by atoms with Gasteiger partial charge in [0, 0.05) is 11.6 Å². The lowest BCUT2D eigenvalue weighted by atomic mass is 9.97. The summed E-state index contributed by atoms with van der Waals surface area (Å²) in [6.07, 6.45) is 3.04. The Hall–Kier alpha value is -4.38. The fraction of sp³-hybridized carbons (Fsp3) is 0.103. The highest BCUT2D eigenvalue weighted by Gasteiger charge is 2.21. The van der Waals surface area contributed by atoms with E-state index in [2.05, 4.69) is 10.6 Å². The minimum Gasteiger partial charge on any atom is -0.465 e. The number of furan rings is 1. The van der Waals surface area contributed by atoms with Crippen molar-refractivity contribution in [2.75, 3.05) is 0 Å². The third-order valence-electron chi connectivity index (χ3n) is 5.46. The Morgan fingerprint density at radius 1 is 0.765 bits per heavy atom. The number of hydrogen-bond donors (Lipinski definition) is 2. The van der Waals surface area contributed by atoms with E-state index in [-0.39, 0.29) is 11.6 Å². The first-order valence-corrected chi connectivity index (χ1v) is 11.1. The number of rotatable bonds is 7. The Kier molecular flexibility index (Phi) is 7.04. The van der Waals surface area contributed by atoms with Crippen LogP contribution in [0.1, 0.15) is 44.4 Å². The van der Waals surface area contributed by atoms with Crippen molar-refractivity contribution in [3.63, 3.8) is 0 Å². The molecule has 2 amide bonds. The summed E-state index contributed by atoms with van der Waals surface area (Å²) in [4.78, 5) is 26.4. The van der Waals surface area contributed by atoms with Crippen LogP contribution in [-0.4, -0.2) is 11.8 Å². The summed E-state index contributed by atoms with van der Waals surface area (Å²) in [6, 6.07) is 27.9. The Morgan fingerprint density at radius 3 is 2.00 bits per heavy atom. The highest BCUT2D eigenvalue weighted by atomic mass is 16.3. The van der Waals surface area contributed by atoms with Gasteiger partial charge in [0.15, 0.2) is 0 Å². The van der Waals surface area contributed by atoms with Gasteiger partial charge in [0.1, 0.15) is 11.5 Å². The molecule has 2 N–H and O–H groups in total. The van der Waals surface area contributed by atoms with Crippen LogP contribution in [0.2, 0.25) is 0 Å². The summed E-state index contributed by atoms with van der Waals surface area (Å²) in [6.45, 7) is 3.97. The Morgan fingerprint density at radius 2 is 1.38 bits per heavy atom. The third kappa shape index (κ3) is 5.70. The second-order valence-electron chi connectivity index (χ2n) is 8.12. The third-order valence-corrected chi connectivity index (χ3v) is 5.46. The molecule has 0 aliphatic rings. The molecule has 0 fully saturated rings. The smallest absolute Gasteiger partial charge is 0.268 e. The first kappa shape index (κ1) is 22.8. The molecule has 1 unspecified atom stereocenters. The van der Waals surface area contributed by atoms with Gasteiger partial charge in [0.2, 0.25) is 0 Å². The maximum Gasteiger partial charge on any atom is 0.268 e. The predicted molar refractivity (Wildman–Crippen MR) is 133 cm³/mol. The van der Waals surface area contributed by atoms with Crippen LogP contribution in [0.25, 0.3) is 6.08 Å². The quantitative estimate of drug-likeness (QED) is 0.362. The van der Waals surface area contributed by atoms with Crippen molar-refractivity contribution in [2.45, 2.75) is 19.9 Å². The van der Waals surface area contributed by atoms with Gasteiger partial charge in [0.25, 0.3) is 11.8 Å². The molecular formula is C29H26N2O3. The van der Waals surface area contributed by atoms with Crippen molar-refractivity contribution >= 4 is 17.9 Å². The number of hydrogen-bond acceptors (Lipinski definition) is 3. The van der Waals surface area contributed by atoms with Crippen molar-refractivity contribution in [1.82, 2.24) is 10.6 Å². The summed E-state index contributed by atoms with van der Waals surface area (Å²) >= 11 is 0. The molecule has 170 valence electrons. The lowest BCUT2D eigenvalue weighted by Gasteiger charge is -2.21. The number of aryl methyl sites for hydroxylation is 2. The number of carbonyl (C=O) groups excluding carboxylic acids is 2. The van der Waals surface area contributed by atoms with E-state index in [0.717, 1.165) is 22.3 Å². The van der Waals surface area contributed by atoms with Gasteiger partial charge in [0.05, 0.1) is 12.3 Å². The van der Waals surface area contributed by atoms with Gasteiger partial charge in [-0.25, -0.2) is 0 Å². The normalized spacial score (nSPS) is 12.1. The molecule has 4 aromatic rings.